The van der Waals surface area contributed by atoms with Gasteiger partial charge in [-0.25, -0.2) is 0 Å². The fourth-order valence-electron chi connectivity index (χ4n) is 2.47. The Balaban J connectivity index is 1.95. The van der Waals surface area contributed by atoms with Gasteiger partial charge in [-0.2, -0.15) is 5.10 Å². The summed E-state index contributed by atoms with van der Waals surface area (Å²) in [5, 5.41) is 4.51. The van der Waals surface area contributed by atoms with Crippen molar-refractivity contribution < 1.29 is 0 Å². The van der Waals surface area contributed by atoms with Crippen molar-refractivity contribution in [1.29, 1.82) is 0 Å². The van der Waals surface area contributed by atoms with Gasteiger partial charge in [-0.05, 0) is 12.0 Å². The molecule has 0 amide bonds. The maximum atomic E-state index is 4.51. The summed E-state index contributed by atoms with van der Waals surface area (Å²) in [6, 6.07) is 10.5. The number of hydrogen-bond acceptors (Lipinski definition) is 1. The van der Waals surface area contributed by atoms with Crippen molar-refractivity contribution in [3.8, 4) is 0 Å². The number of allylic oxidation sites excluding steroid dienone is 1. The van der Waals surface area contributed by atoms with Crippen LogP contribution in [0.1, 0.15) is 36.1 Å². The summed E-state index contributed by atoms with van der Waals surface area (Å²) in [6.45, 7) is 3.14. The number of benzene rings is 1. The molecule has 17 heavy (non-hydrogen) atoms. The zero-order valence-corrected chi connectivity index (χ0v) is 10.0. The molecule has 2 heteroatoms. The van der Waals surface area contributed by atoms with E-state index in [1.54, 1.807) is 0 Å². The minimum absolute atomic E-state index is 0.571. The second-order valence-electron chi connectivity index (χ2n) is 4.67. The molecule has 0 fully saturated rings. The molecule has 0 bridgehead atoms. The van der Waals surface area contributed by atoms with E-state index in [0.29, 0.717) is 5.92 Å². The van der Waals surface area contributed by atoms with Crippen LogP contribution in [0.2, 0.25) is 0 Å². The van der Waals surface area contributed by atoms with Gasteiger partial charge in [-0.15, -0.1) is 0 Å². The lowest BCUT2D eigenvalue weighted by Gasteiger charge is -2.17. The summed E-state index contributed by atoms with van der Waals surface area (Å²) < 4.78 is 2.14. The highest BCUT2D eigenvalue weighted by atomic mass is 15.3. The molecule has 1 aliphatic carbocycles. The molecular weight excluding hydrogens is 208 g/mol. The van der Waals surface area contributed by atoms with Crippen LogP contribution in [0.4, 0.5) is 0 Å². The largest absolute Gasteiger partial charge is 0.264 e. The van der Waals surface area contributed by atoms with Crippen LogP contribution in [-0.2, 0) is 6.54 Å². The molecule has 0 aliphatic heterocycles. The monoisotopic (exact) mass is 224 g/mol. The molecule has 1 aliphatic rings. The van der Waals surface area contributed by atoms with Crippen molar-refractivity contribution >= 4 is 6.08 Å². The average molecular weight is 224 g/mol. The average Bonchev–Trinajstić information content (AvgIpc) is 2.75. The van der Waals surface area contributed by atoms with E-state index in [-0.39, 0.29) is 0 Å². The van der Waals surface area contributed by atoms with Gasteiger partial charge in [0.05, 0.1) is 12.7 Å². The Hall–Kier alpha value is -1.83. The van der Waals surface area contributed by atoms with Crippen molar-refractivity contribution in [1.82, 2.24) is 9.78 Å². The summed E-state index contributed by atoms with van der Waals surface area (Å²) >= 11 is 0. The number of rotatable bonds is 2. The Kier molecular flexibility index (Phi) is 2.56. The topological polar surface area (TPSA) is 17.8 Å². The molecule has 3 rings (SSSR count). The summed E-state index contributed by atoms with van der Waals surface area (Å²) in [7, 11) is 0. The molecule has 0 N–H and O–H groups in total. The molecule has 0 saturated carbocycles. The number of fused-ring (bicyclic) bond motifs is 1. The Morgan fingerprint density at radius 1 is 1.29 bits per heavy atom. The van der Waals surface area contributed by atoms with Gasteiger partial charge in [-0.3, -0.25) is 4.68 Å². The molecule has 2 nitrogen and oxygen atoms in total. The second kappa shape index (κ2) is 4.21. The highest BCUT2D eigenvalue weighted by Gasteiger charge is 2.18. The Morgan fingerprint density at radius 3 is 2.94 bits per heavy atom. The van der Waals surface area contributed by atoms with Gasteiger partial charge in [0.1, 0.15) is 0 Å². The maximum Gasteiger partial charge on any atom is 0.0662 e. The first-order valence-electron chi connectivity index (χ1n) is 6.11. The van der Waals surface area contributed by atoms with E-state index in [0.717, 1.165) is 13.0 Å². The fraction of sp³-hybridized carbons (Fsp3) is 0.267. The van der Waals surface area contributed by atoms with Crippen molar-refractivity contribution in [2.45, 2.75) is 25.8 Å². The Bertz CT molecular complexity index is 537. The summed E-state index contributed by atoms with van der Waals surface area (Å²) in [5.41, 5.74) is 3.95. The van der Waals surface area contributed by atoms with Crippen molar-refractivity contribution in [2.24, 2.45) is 0 Å². The van der Waals surface area contributed by atoms with Gasteiger partial charge >= 0.3 is 0 Å². The molecule has 0 spiro atoms. The second-order valence-corrected chi connectivity index (χ2v) is 4.67. The van der Waals surface area contributed by atoms with Crippen LogP contribution in [0, 0.1) is 0 Å². The first-order valence-corrected chi connectivity index (χ1v) is 6.11. The van der Waals surface area contributed by atoms with Crippen LogP contribution < -0.4 is 0 Å². The lowest BCUT2D eigenvalue weighted by Crippen LogP contribution is -2.10. The van der Waals surface area contributed by atoms with E-state index in [1.807, 2.05) is 12.3 Å². The summed E-state index contributed by atoms with van der Waals surface area (Å²) in [6.07, 6.45) is 7.52. The molecule has 0 saturated heterocycles. The smallest absolute Gasteiger partial charge is 0.0662 e. The van der Waals surface area contributed by atoms with E-state index in [2.05, 4.69) is 53.1 Å². The predicted octanol–water partition coefficient (Wildman–Crippen LogP) is 3.45. The first-order chi connectivity index (χ1) is 8.34. The highest BCUT2D eigenvalue weighted by Crippen LogP contribution is 2.29. The van der Waals surface area contributed by atoms with Crippen LogP contribution in [-0.4, -0.2) is 9.78 Å². The zero-order chi connectivity index (χ0) is 11.7. The zero-order valence-electron chi connectivity index (χ0n) is 10.0. The SMILES string of the molecule is CC1CC=Cc2cnn(Cc3ccccc3)c21. The lowest BCUT2D eigenvalue weighted by molar-refractivity contribution is 0.598. The van der Waals surface area contributed by atoms with E-state index in [1.165, 1.54) is 16.8 Å². The minimum Gasteiger partial charge on any atom is -0.264 e. The Morgan fingerprint density at radius 2 is 2.12 bits per heavy atom. The number of nitrogens with zero attached hydrogens (tertiary/aromatic N) is 2. The van der Waals surface area contributed by atoms with Gasteiger partial charge < -0.3 is 0 Å². The van der Waals surface area contributed by atoms with Crippen LogP contribution in [0.5, 0.6) is 0 Å². The number of hydrogen-bond donors (Lipinski definition) is 0. The van der Waals surface area contributed by atoms with Crippen LogP contribution in [0.15, 0.2) is 42.6 Å². The minimum atomic E-state index is 0.571. The van der Waals surface area contributed by atoms with Gasteiger partial charge in [0.15, 0.2) is 0 Å². The van der Waals surface area contributed by atoms with Crippen molar-refractivity contribution in [3.05, 3.63) is 59.4 Å². The summed E-state index contributed by atoms with van der Waals surface area (Å²) in [5.74, 6) is 0.571. The molecule has 1 atom stereocenters. The third-order valence-electron chi connectivity index (χ3n) is 3.34. The van der Waals surface area contributed by atoms with Gasteiger partial charge in [0.25, 0.3) is 0 Å². The van der Waals surface area contributed by atoms with Gasteiger partial charge in [0, 0.05) is 17.2 Å². The van der Waals surface area contributed by atoms with Crippen molar-refractivity contribution in [2.75, 3.05) is 0 Å². The van der Waals surface area contributed by atoms with Gasteiger partial charge in [0.2, 0.25) is 0 Å². The molecule has 1 aromatic heterocycles. The highest BCUT2D eigenvalue weighted by molar-refractivity contribution is 5.54. The van der Waals surface area contributed by atoms with Crippen LogP contribution in [0.25, 0.3) is 6.08 Å². The quantitative estimate of drug-likeness (QED) is 0.764. The van der Waals surface area contributed by atoms with E-state index >= 15 is 0 Å². The molecule has 2 aromatic rings. The van der Waals surface area contributed by atoms with Crippen molar-refractivity contribution in [3.63, 3.8) is 0 Å². The van der Waals surface area contributed by atoms with Crippen LogP contribution >= 0.6 is 0 Å². The van der Waals surface area contributed by atoms with E-state index in [4.69, 9.17) is 0 Å². The van der Waals surface area contributed by atoms with Gasteiger partial charge in [-0.1, -0.05) is 49.4 Å². The molecular formula is C15H16N2. The lowest BCUT2D eigenvalue weighted by atomic mass is 9.95. The molecule has 1 aromatic carbocycles. The molecule has 1 unspecified atom stereocenters. The van der Waals surface area contributed by atoms with E-state index in [9.17, 15) is 0 Å². The summed E-state index contributed by atoms with van der Waals surface area (Å²) in [4.78, 5) is 0. The predicted molar refractivity (Wildman–Crippen MR) is 69.8 cm³/mol. The third kappa shape index (κ3) is 1.91. The Labute approximate surface area is 102 Å². The third-order valence-corrected chi connectivity index (χ3v) is 3.34. The van der Waals surface area contributed by atoms with Crippen LogP contribution in [0.3, 0.4) is 0 Å². The molecule has 1 heterocycles. The normalized spacial score (nSPS) is 18.1. The van der Waals surface area contributed by atoms with E-state index < -0.39 is 0 Å². The standard InChI is InChI=1S/C15H16N2/c1-12-6-5-9-14-10-16-17(15(12)14)11-13-7-3-2-4-8-13/h2-5,7-10,12H,6,11H2,1H3. The molecule has 0 radical (unpaired) electrons. The maximum absolute atomic E-state index is 4.51. The fourth-order valence-corrected chi connectivity index (χ4v) is 2.47. The number of aromatic nitrogens is 2. The molecule has 86 valence electrons. The first kappa shape index (κ1) is 10.3.